The molecule has 2 fully saturated rings. The predicted molar refractivity (Wildman–Crippen MR) is 156 cm³/mol. The van der Waals surface area contributed by atoms with E-state index in [1.54, 1.807) is 14.2 Å². The van der Waals surface area contributed by atoms with Crippen molar-refractivity contribution in [2.45, 2.75) is 69.8 Å². The van der Waals surface area contributed by atoms with E-state index in [1.165, 1.54) is 11.1 Å². The summed E-state index contributed by atoms with van der Waals surface area (Å²) in [6.07, 6.45) is 7.47. The maximum absolute atomic E-state index is 13.0. The molecule has 216 valence electrons. The van der Waals surface area contributed by atoms with Gasteiger partial charge in [0, 0.05) is 20.0 Å². The minimum absolute atomic E-state index is 0.0786. The van der Waals surface area contributed by atoms with Gasteiger partial charge in [-0.2, -0.15) is 0 Å². The Morgan fingerprint density at radius 1 is 1.12 bits per heavy atom. The van der Waals surface area contributed by atoms with Crippen LogP contribution in [0.25, 0.3) is 0 Å². The minimum Gasteiger partial charge on any atom is -0.493 e. The fourth-order valence-corrected chi connectivity index (χ4v) is 7.82. The zero-order valence-electron chi connectivity index (χ0n) is 24.4. The van der Waals surface area contributed by atoms with Crippen molar-refractivity contribution in [2.24, 2.45) is 17.8 Å². The molecular formula is C32H44BNO6. The van der Waals surface area contributed by atoms with Gasteiger partial charge < -0.3 is 29.2 Å². The number of ether oxygens (including phenoxy) is 3. The molecule has 1 heterocycles. The Morgan fingerprint density at radius 3 is 2.67 bits per heavy atom. The summed E-state index contributed by atoms with van der Waals surface area (Å²) >= 11 is 0. The molecule has 2 N–H and O–H groups in total. The van der Waals surface area contributed by atoms with E-state index >= 15 is 0 Å². The fourth-order valence-electron chi connectivity index (χ4n) is 7.82. The molecule has 2 aromatic rings. The Balaban J connectivity index is 1.15. The van der Waals surface area contributed by atoms with Gasteiger partial charge in [-0.15, -0.1) is 0 Å². The van der Waals surface area contributed by atoms with Crippen LogP contribution in [0.3, 0.4) is 0 Å². The van der Waals surface area contributed by atoms with Crippen molar-refractivity contribution >= 4 is 18.5 Å². The third-order valence-electron chi connectivity index (χ3n) is 9.96. The van der Waals surface area contributed by atoms with Gasteiger partial charge in [-0.3, -0.25) is 4.79 Å². The van der Waals surface area contributed by atoms with Crippen LogP contribution >= 0.6 is 0 Å². The first kappa shape index (κ1) is 29.0. The number of carbonyl (C=O) groups is 1. The first-order valence-corrected chi connectivity index (χ1v) is 14.8. The van der Waals surface area contributed by atoms with Gasteiger partial charge in [-0.1, -0.05) is 24.3 Å². The third-order valence-corrected chi connectivity index (χ3v) is 9.96. The topological polar surface area (TPSA) is 88.5 Å². The van der Waals surface area contributed by atoms with E-state index in [4.69, 9.17) is 14.2 Å². The van der Waals surface area contributed by atoms with Crippen LogP contribution in [0.2, 0.25) is 0 Å². The van der Waals surface area contributed by atoms with E-state index < -0.39 is 7.12 Å². The molecule has 40 heavy (non-hydrogen) atoms. The molecule has 0 aromatic heterocycles. The number of benzene rings is 2. The smallest absolute Gasteiger partial charge is 0.488 e. The van der Waals surface area contributed by atoms with Crippen LogP contribution < -0.4 is 14.9 Å². The van der Waals surface area contributed by atoms with Crippen LogP contribution in [-0.4, -0.2) is 68.0 Å². The average molecular weight is 550 g/mol. The van der Waals surface area contributed by atoms with E-state index in [1.807, 2.05) is 42.3 Å². The van der Waals surface area contributed by atoms with Crippen LogP contribution in [0, 0.1) is 17.8 Å². The normalized spacial score (nSPS) is 26.9. The highest BCUT2D eigenvalue weighted by atomic mass is 16.5. The number of fused-ring (bicyclic) bond motifs is 5. The van der Waals surface area contributed by atoms with Crippen LogP contribution in [0.4, 0.5) is 0 Å². The van der Waals surface area contributed by atoms with Crippen molar-refractivity contribution in [1.82, 2.24) is 4.90 Å². The SMILES string of the molecule is COc1ccc(CCN(C)C(=O)CCC[C@H]2CO[C@@]3(C)CCC4c5ccc(B(O)O)cc5CCC4C23)cc1OC. The highest BCUT2D eigenvalue weighted by Crippen LogP contribution is 2.58. The van der Waals surface area contributed by atoms with Crippen LogP contribution in [0.15, 0.2) is 36.4 Å². The number of nitrogens with zero attached hydrogens (tertiary/aromatic N) is 1. The summed E-state index contributed by atoms with van der Waals surface area (Å²) in [4.78, 5) is 14.8. The zero-order chi connectivity index (χ0) is 28.4. The number of hydrogen-bond donors (Lipinski definition) is 2. The molecule has 7 nitrogen and oxygen atoms in total. The van der Waals surface area contributed by atoms with Crippen molar-refractivity contribution < 1.29 is 29.1 Å². The monoisotopic (exact) mass is 549 g/mol. The molecule has 5 atom stereocenters. The summed E-state index contributed by atoms with van der Waals surface area (Å²) in [6, 6.07) is 11.9. The van der Waals surface area contributed by atoms with Crippen molar-refractivity contribution in [3.8, 4) is 11.5 Å². The quantitative estimate of drug-likeness (QED) is 0.440. The molecular weight excluding hydrogens is 505 g/mol. The maximum atomic E-state index is 13.0. The summed E-state index contributed by atoms with van der Waals surface area (Å²) in [7, 11) is 3.74. The van der Waals surface area contributed by atoms with Gasteiger partial charge in [-0.25, -0.2) is 0 Å². The summed E-state index contributed by atoms with van der Waals surface area (Å²) in [5.41, 5.74) is 4.28. The Hall–Kier alpha value is -2.55. The highest BCUT2D eigenvalue weighted by Gasteiger charge is 2.55. The van der Waals surface area contributed by atoms with Crippen LogP contribution in [-0.2, 0) is 22.4 Å². The second-order valence-corrected chi connectivity index (χ2v) is 12.2. The number of likely N-dealkylation sites (N-methyl/N-ethyl adjacent to an activating group) is 1. The van der Waals surface area contributed by atoms with E-state index in [0.29, 0.717) is 53.6 Å². The third kappa shape index (κ3) is 5.76. The molecule has 0 radical (unpaired) electrons. The lowest BCUT2D eigenvalue weighted by molar-refractivity contribution is -0.130. The molecule has 3 unspecified atom stereocenters. The molecule has 1 saturated heterocycles. The molecule has 0 spiro atoms. The van der Waals surface area contributed by atoms with Crippen LogP contribution in [0.5, 0.6) is 11.5 Å². The number of amides is 1. The lowest BCUT2D eigenvalue weighted by Gasteiger charge is -2.49. The molecule has 2 aromatic carbocycles. The molecule has 3 aliphatic rings. The molecule has 1 aliphatic heterocycles. The van der Waals surface area contributed by atoms with Gasteiger partial charge >= 0.3 is 7.12 Å². The Morgan fingerprint density at radius 2 is 1.93 bits per heavy atom. The molecule has 1 amide bonds. The van der Waals surface area contributed by atoms with E-state index in [-0.39, 0.29) is 11.5 Å². The first-order valence-electron chi connectivity index (χ1n) is 14.8. The Bertz CT molecular complexity index is 1200. The number of methoxy groups -OCH3 is 2. The van der Waals surface area contributed by atoms with Crippen molar-refractivity contribution in [1.29, 1.82) is 0 Å². The highest BCUT2D eigenvalue weighted by molar-refractivity contribution is 6.58. The molecule has 5 rings (SSSR count). The van der Waals surface area contributed by atoms with Gasteiger partial charge in [0.15, 0.2) is 11.5 Å². The van der Waals surface area contributed by atoms with E-state index in [9.17, 15) is 14.8 Å². The van der Waals surface area contributed by atoms with Crippen LogP contribution in [0.1, 0.15) is 68.1 Å². The Labute approximate surface area is 239 Å². The largest absolute Gasteiger partial charge is 0.493 e. The summed E-state index contributed by atoms with van der Waals surface area (Å²) in [5, 5.41) is 19.3. The second-order valence-electron chi connectivity index (χ2n) is 12.2. The first-order chi connectivity index (χ1) is 19.2. The minimum atomic E-state index is -1.42. The maximum Gasteiger partial charge on any atom is 0.488 e. The molecule has 0 bridgehead atoms. The van der Waals surface area contributed by atoms with Gasteiger partial charge in [0.1, 0.15) is 0 Å². The second kappa shape index (κ2) is 12.1. The van der Waals surface area contributed by atoms with E-state index in [0.717, 1.165) is 57.1 Å². The van der Waals surface area contributed by atoms with Crippen molar-refractivity contribution in [2.75, 3.05) is 34.4 Å². The number of aryl methyl sites for hydroxylation is 1. The summed E-state index contributed by atoms with van der Waals surface area (Å²) < 4.78 is 17.2. The Kier molecular flexibility index (Phi) is 8.79. The average Bonchev–Trinajstić information content (AvgIpc) is 3.31. The summed E-state index contributed by atoms with van der Waals surface area (Å²) in [5.74, 6) is 3.66. The molecule has 1 saturated carbocycles. The standard InChI is InChI=1S/C32H44BNO6/c1-32-16-14-26-25-12-10-24(33(36)37)19-22(25)9-11-27(26)31(32)23(20-40-32)6-5-7-30(35)34(2)17-15-21-8-13-28(38-3)29(18-21)39-4/h8,10,12-13,18-19,23,26-27,31,36-37H,5-7,9,11,14-17,20H2,1-4H3/t23-,26?,27?,31?,32-/m0/s1. The van der Waals surface area contributed by atoms with Crippen molar-refractivity contribution in [3.05, 3.63) is 53.1 Å². The zero-order valence-corrected chi connectivity index (χ0v) is 24.4. The van der Waals surface area contributed by atoms with E-state index in [2.05, 4.69) is 13.0 Å². The lowest BCUT2D eigenvalue weighted by atomic mass is 9.56. The number of hydrogen-bond acceptors (Lipinski definition) is 6. The predicted octanol–water partition coefficient (Wildman–Crippen LogP) is 3.72. The number of rotatable bonds is 10. The number of carbonyl (C=O) groups excluding carboxylic acids is 1. The molecule has 2 aliphatic carbocycles. The van der Waals surface area contributed by atoms with Gasteiger partial charge in [0.2, 0.25) is 5.91 Å². The summed E-state index contributed by atoms with van der Waals surface area (Å²) in [6.45, 7) is 3.76. The molecule has 8 heteroatoms. The fraction of sp³-hybridized carbons (Fsp3) is 0.594. The lowest BCUT2D eigenvalue weighted by Crippen LogP contribution is -2.47. The van der Waals surface area contributed by atoms with Gasteiger partial charge in [-0.05, 0) is 110 Å². The van der Waals surface area contributed by atoms with Gasteiger partial charge in [0.05, 0.1) is 26.4 Å². The van der Waals surface area contributed by atoms with Gasteiger partial charge in [0.25, 0.3) is 0 Å². The van der Waals surface area contributed by atoms with Crippen molar-refractivity contribution in [3.63, 3.8) is 0 Å².